The van der Waals surface area contributed by atoms with Crippen molar-refractivity contribution in [2.24, 2.45) is 0 Å². The number of carbonyl (C=O) groups is 1. The van der Waals surface area contributed by atoms with Gasteiger partial charge >= 0.3 is 0 Å². The first kappa shape index (κ1) is 15.9. The van der Waals surface area contributed by atoms with Gasteiger partial charge in [0.15, 0.2) is 5.82 Å². The summed E-state index contributed by atoms with van der Waals surface area (Å²) in [7, 11) is 0. The number of ether oxygens (including phenoxy) is 1. The molecule has 2 aromatic rings. The van der Waals surface area contributed by atoms with Gasteiger partial charge in [-0.25, -0.2) is 4.98 Å². The number of aromatic nitrogens is 3. The number of nitrogens with one attached hydrogen (secondary N) is 2. The molecule has 1 aliphatic rings. The number of nitrogens with zero attached hydrogens (tertiary/aromatic N) is 2. The number of carbonyl (C=O) groups excluding carboxylic acids is 1. The fourth-order valence-electron chi connectivity index (χ4n) is 2.02. The third kappa shape index (κ3) is 4.48. The van der Waals surface area contributed by atoms with Gasteiger partial charge in [0.1, 0.15) is 12.4 Å². The standard InChI is InChI=1S/C16H20N4O2S/c1-10-5-3-4-6-13(10)22-9-14-18-16(20-19-14)23-11(2)15(21)17-12-7-8-12/h3-6,11-12H,7-9H2,1-2H3,(H,17,21)(H,18,19,20)/t11-/m1/s1. The molecular weight excluding hydrogens is 312 g/mol. The van der Waals surface area contributed by atoms with Crippen LogP contribution in [0.3, 0.4) is 0 Å². The Balaban J connectivity index is 1.51. The molecule has 0 saturated heterocycles. The van der Waals surface area contributed by atoms with E-state index in [1.165, 1.54) is 11.8 Å². The molecule has 3 rings (SSSR count). The second-order valence-corrected chi connectivity index (χ2v) is 6.97. The molecule has 1 fully saturated rings. The maximum Gasteiger partial charge on any atom is 0.233 e. The maximum absolute atomic E-state index is 11.9. The van der Waals surface area contributed by atoms with Crippen molar-refractivity contribution >= 4 is 17.7 Å². The molecule has 1 aliphatic carbocycles. The van der Waals surface area contributed by atoms with E-state index in [0.29, 0.717) is 23.6 Å². The van der Waals surface area contributed by atoms with E-state index in [0.717, 1.165) is 24.2 Å². The van der Waals surface area contributed by atoms with Gasteiger partial charge in [-0.05, 0) is 38.3 Å². The van der Waals surface area contributed by atoms with Crippen LogP contribution in [0.2, 0.25) is 0 Å². The minimum Gasteiger partial charge on any atom is -0.485 e. The van der Waals surface area contributed by atoms with Gasteiger partial charge in [-0.1, -0.05) is 30.0 Å². The zero-order valence-corrected chi connectivity index (χ0v) is 14.0. The van der Waals surface area contributed by atoms with Crippen LogP contribution >= 0.6 is 11.8 Å². The second kappa shape index (κ2) is 7.04. The normalized spacial score (nSPS) is 15.2. The Kier molecular flexibility index (Phi) is 4.85. The van der Waals surface area contributed by atoms with Crippen molar-refractivity contribution in [1.29, 1.82) is 0 Å². The van der Waals surface area contributed by atoms with Crippen LogP contribution in [0.15, 0.2) is 29.4 Å². The molecular formula is C16H20N4O2S. The summed E-state index contributed by atoms with van der Waals surface area (Å²) < 4.78 is 5.73. The molecule has 1 heterocycles. The molecule has 1 amide bonds. The molecule has 0 spiro atoms. The Bertz CT molecular complexity index is 684. The summed E-state index contributed by atoms with van der Waals surface area (Å²) in [4.78, 5) is 16.3. The zero-order valence-electron chi connectivity index (χ0n) is 13.2. The van der Waals surface area contributed by atoms with Crippen molar-refractivity contribution < 1.29 is 9.53 Å². The Morgan fingerprint density at radius 1 is 1.48 bits per heavy atom. The molecule has 6 nitrogen and oxygen atoms in total. The van der Waals surface area contributed by atoms with E-state index in [2.05, 4.69) is 20.5 Å². The lowest BCUT2D eigenvalue weighted by Gasteiger charge is -2.08. The molecule has 0 unspecified atom stereocenters. The molecule has 1 aromatic heterocycles. The Morgan fingerprint density at radius 2 is 2.26 bits per heavy atom. The summed E-state index contributed by atoms with van der Waals surface area (Å²) in [6, 6.07) is 8.20. The van der Waals surface area contributed by atoms with E-state index in [1.54, 1.807) is 0 Å². The van der Waals surface area contributed by atoms with Crippen LogP contribution < -0.4 is 10.1 Å². The van der Waals surface area contributed by atoms with Crippen molar-refractivity contribution in [3.63, 3.8) is 0 Å². The average Bonchev–Trinajstić information content (AvgIpc) is 3.24. The summed E-state index contributed by atoms with van der Waals surface area (Å²) in [6.45, 7) is 4.18. The fraction of sp³-hybridized carbons (Fsp3) is 0.438. The minimum atomic E-state index is -0.212. The monoisotopic (exact) mass is 332 g/mol. The third-order valence-electron chi connectivity index (χ3n) is 3.54. The molecule has 0 radical (unpaired) electrons. The van der Waals surface area contributed by atoms with Crippen LogP contribution in [0.25, 0.3) is 0 Å². The highest BCUT2D eigenvalue weighted by Gasteiger charge is 2.26. The van der Waals surface area contributed by atoms with Crippen LogP contribution in [0, 0.1) is 6.92 Å². The highest BCUT2D eigenvalue weighted by atomic mass is 32.2. The van der Waals surface area contributed by atoms with Gasteiger partial charge in [-0.3, -0.25) is 9.89 Å². The summed E-state index contributed by atoms with van der Waals surface area (Å²) in [5.74, 6) is 1.51. The van der Waals surface area contributed by atoms with Gasteiger partial charge < -0.3 is 10.1 Å². The fourth-order valence-corrected chi connectivity index (χ4v) is 2.77. The molecule has 1 atom stereocenters. The van der Waals surface area contributed by atoms with Gasteiger partial charge in [0.25, 0.3) is 0 Å². The van der Waals surface area contributed by atoms with Crippen LogP contribution in [0.5, 0.6) is 5.75 Å². The van der Waals surface area contributed by atoms with E-state index in [-0.39, 0.29) is 11.2 Å². The van der Waals surface area contributed by atoms with Crippen LogP contribution in [0.4, 0.5) is 0 Å². The number of aryl methyl sites for hydroxylation is 1. The summed E-state index contributed by atoms with van der Waals surface area (Å²) >= 11 is 1.35. The van der Waals surface area contributed by atoms with Gasteiger partial charge in [0.05, 0.1) is 5.25 Å². The van der Waals surface area contributed by atoms with Crippen LogP contribution in [-0.2, 0) is 11.4 Å². The third-order valence-corrected chi connectivity index (χ3v) is 4.51. The number of hydrogen-bond donors (Lipinski definition) is 2. The number of benzene rings is 1. The molecule has 0 bridgehead atoms. The zero-order chi connectivity index (χ0) is 16.2. The summed E-state index contributed by atoms with van der Waals surface area (Å²) in [6.07, 6.45) is 2.17. The lowest BCUT2D eigenvalue weighted by Crippen LogP contribution is -2.32. The van der Waals surface area contributed by atoms with E-state index in [1.807, 2.05) is 38.1 Å². The quantitative estimate of drug-likeness (QED) is 0.761. The van der Waals surface area contributed by atoms with Crippen molar-refractivity contribution in [2.45, 2.75) is 49.7 Å². The molecule has 0 aliphatic heterocycles. The van der Waals surface area contributed by atoms with Crippen molar-refractivity contribution in [3.05, 3.63) is 35.7 Å². The van der Waals surface area contributed by atoms with Crippen molar-refractivity contribution in [3.8, 4) is 5.75 Å². The SMILES string of the molecule is Cc1ccccc1OCc1nc(S[C@H](C)C(=O)NC2CC2)n[nH]1. The highest BCUT2D eigenvalue weighted by Crippen LogP contribution is 2.23. The number of thioether (sulfide) groups is 1. The molecule has 7 heteroatoms. The van der Waals surface area contributed by atoms with Gasteiger partial charge in [-0.15, -0.1) is 5.10 Å². The van der Waals surface area contributed by atoms with E-state index in [9.17, 15) is 4.79 Å². The number of para-hydroxylation sites is 1. The highest BCUT2D eigenvalue weighted by molar-refractivity contribution is 8.00. The first-order chi connectivity index (χ1) is 11.1. The second-order valence-electron chi connectivity index (χ2n) is 5.66. The molecule has 23 heavy (non-hydrogen) atoms. The Labute approximate surface area is 139 Å². The lowest BCUT2D eigenvalue weighted by atomic mass is 10.2. The largest absolute Gasteiger partial charge is 0.485 e. The smallest absolute Gasteiger partial charge is 0.233 e. The number of amides is 1. The van der Waals surface area contributed by atoms with Crippen LogP contribution in [0.1, 0.15) is 31.2 Å². The summed E-state index contributed by atoms with van der Waals surface area (Å²) in [5.41, 5.74) is 1.08. The summed E-state index contributed by atoms with van der Waals surface area (Å²) in [5, 5.41) is 10.3. The van der Waals surface area contributed by atoms with Gasteiger partial charge in [-0.2, -0.15) is 0 Å². The van der Waals surface area contributed by atoms with E-state index in [4.69, 9.17) is 4.74 Å². The molecule has 1 aromatic carbocycles. The van der Waals surface area contributed by atoms with Gasteiger partial charge in [0.2, 0.25) is 11.1 Å². The first-order valence-corrected chi connectivity index (χ1v) is 8.56. The number of hydrogen-bond acceptors (Lipinski definition) is 5. The number of rotatable bonds is 7. The number of H-pyrrole nitrogens is 1. The Hall–Kier alpha value is -2.02. The van der Waals surface area contributed by atoms with Crippen LogP contribution in [-0.4, -0.2) is 32.4 Å². The Morgan fingerprint density at radius 3 is 3.00 bits per heavy atom. The topological polar surface area (TPSA) is 79.9 Å². The van der Waals surface area contributed by atoms with E-state index >= 15 is 0 Å². The molecule has 122 valence electrons. The predicted molar refractivity (Wildman–Crippen MR) is 88.4 cm³/mol. The maximum atomic E-state index is 11.9. The first-order valence-electron chi connectivity index (χ1n) is 7.68. The van der Waals surface area contributed by atoms with Crippen molar-refractivity contribution in [2.75, 3.05) is 0 Å². The lowest BCUT2D eigenvalue weighted by molar-refractivity contribution is -0.120. The van der Waals surface area contributed by atoms with Gasteiger partial charge in [0, 0.05) is 6.04 Å². The average molecular weight is 332 g/mol. The predicted octanol–water partition coefficient (Wildman–Crippen LogP) is 2.45. The minimum absolute atomic E-state index is 0.0417. The van der Waals surface area contributed by atoms with Crippen molar-refractivity contribution in [1.82, 2.24) is 20.5 Å². The number of aromatic amines is 1. The molecule has 2 N–H and O–H groups in total. The molecule has 1 saturated carbocycles. The van der Waals surface area contributed by atoms with E-state index < -0.39 is 0 Å².